The average Bonchev–Trinajstić information content (AvgIpc) is 3.12. The number of nitrogens with one attached hydrogen (secondary N) is 1. The van der Waals surface area contributed by atoms with E-state index in [9.17, 15) is 29.3 Å². The number of carbonyl (C=O) groups excluding carboxylic acids is 4. The van der Waals surface area contributed by atoms with Crippen LogP contribution in [0.5, 0.6) is 0 Å². The lowest BCUT2D eigenvalue weighted by Crippen LogP contribution is -2.38. The van der Waals surface area contributed by atoms with Gasteiger partial charge in [-0.3, -0.25) is 24.5 Å². The minimum Gasteiger partial charge on any atom is -0.445 e. The first-order chi connectivity index (χ1) is 15.2. The third-order valence-corrected chi connectivity index (χ3v) is 6.55. The van der Waals surface area contributed by atoms with Crippen LogP contribution >= 0.6 is 23.5 Å². The molecule has 1 saturated heterocycles. The fourth-order valence-corrected chi connectivity index (χ4v) is 5.06. The molecule has 1 heterocycles. The number of nitrogens with two attached hydrogens (primary N) is 1. The standard InChI is InChI=1S/C19H24N4O7S2/c1-12(24)32-16-6-15(10-31-11-18(26)21-7-17(20)25)22(8-16)19(27)30-9-13-2-4-14(5-3-13)23(28)29/h2-5,15-16H,6-11H2,1H3,(H2,20,25)(H,21,26)/t15-,16-/m0/s1. The molecule has 3 amide bonds. The van der Waals surface area contributed by atoms with E-state index in [4.69, 9.17) is 10.5 Å². The molecule has 13 heteroatoms. The predicted octanol–water partition coefficient (Wildman–Crippen LogP) is 1.29. The Balaban J connectivity index is 1.91. The molecule has 1 fully saturated rings. The van der Waals surface area contributed by atoms with Gasteiger partial charge < -0.3 is 20.7 Å². The van der Waals surface area contributed by atoms with Gasteiger partial charge in [0.15, 0.2) is 5.12 Å². The summed E-state index contributed by atoms with van der Waals surface area (Å²) in [7, 11) is 0. The number of nitrogens with zero attached hydrogens (tertiary/aromatic N) is 2. The maximum absolute atomic E-state index is 12.7. The lowest BCUT2D eigenvalue weighted by atomic mass is 10.2. The topological polar surface area (TPSA) is 162 Å². The summed E-state index contributed by atoms with van der Waals surface area (Å²) in [6, 6.07) is 5.47. The van der Waals surface area contributed by atoms with E-state index in [-0.39, 0.29) is 46.9 Å². The third kappa shape index (κ3) is 8.38. The molecule has 11 nitrogen and oxygen atoms in total. The van der Waals surface area contributed by atoms with E-state index in [1.165, 1.54) is 43.0 Å². The number of nitro benzene ring substituents is 1. The molecule has 1 aromatic rings. The normalized spacial score (nSPS) is 17.6. The minimum atomic E-state index is -0.634. The zero-order valence-corrected chi connectivity index (χ0v) is 19.0. The monoisotopic (exact) mass is 484 g/mol. The van der Waals surface area contributed by atoms with Crippen molar-refractivity contribution in [3.05, 3.63) is 39.9 Å². The fourth-order valence-electron chi connectivity index (χ4n) is 3.04. The van der Waals surface area contributed by atoms with Crippen LogP contribution in [0.25, 0.3) is 0 Å². The molecule has 0 spiro atoms. The molecule has 0 radical (unpaired) electrons. The lowest BCUT2D eigenvalue weighted by Gasteiger charge is -2.23. The molecule has 2 atom stereocenters. The van der Waals surface area contributed by atoms with Gasteiger partial charge in [-0.05, 0) is 24.1 Å². The second-order valence-electron chi connectivity index (χ2n) is 7.01. The van der Waals surface area contributed by atoms with E-state index in [1.807, 2.05) is 0 Å². The van der Waals surface area contributed by atoms with Gasteiger partial charge in [0, 0.05) is 42.6 Å². The van der Waals surface area contributed by atoms with Gasteiger partial charge in [-0.2, -0.15) is 0 Å². The zero-order valence-electron chi connectivity index (χ0n) is 17.4. The van der Waals surface area contributed by atoms with Crippen molar-refractivity contribution in [2.24, 2.45) is 5.73 Å². The van der Waals surface area contributed by atoms with Gasteiger partial charge in [0.2, 0.25) is 11.8 Å². The second-order valence-corrected chi connectivity index (χ2v) is 9.52. The van der Waals surface area contributed by atoms with Crippen molar-refractivity contribution in [2.45, 2.75) is 31.2 Å². The molecular formula is C19H24N4O7S2. The van der Waals surface area contributed by atoms with Crippen molar-refractivity contribution in [3.63, 3.8) is 0 Å². The van der Waals surface area contributed by atoms with Gasteiger partial charge >= 0.3 is 6.09 Å². The molecule has 0 aliphatic carbocycles. The summed E-state index contributed by atoms with van der Waals surface area (Å²) in [6.07, 6.45) is 0.0195. The molecule has 1 aromatic carbocycles. The quantitative estimate of drug-likeness (QED) is 0.368. The van der Waals surface area contributed by atoms with E-state index in [2.05, 4.69) is 5.32 Å². The molecule has 1 aliphatic heterocycles. The molecule has 0 bridgehead atoms. The van der Waals surface area contributed by atoms with Crippen molar-refractivity contribution in [1.82, 2.24) is 10.2 Å². The lowest BCUT2D eigenvalue weighted by molar-refractivity contribution is -0.384. The van der Waals surface area contributed by atoms with Crippen molar-refractivity contribution < 1.29 is 28.8 Å². The Morgan fingerprint density at radius 3 is 2.56 bits per heavy atom. The maximum atomic E-state index is 12.7. The van der Waals surface area contributed by atoms with Crippen LogP contribution in [0.2, 0.25) is 0 Å². The molecule has 1 aliphatic rings. The van der Waals surface area contributed by atoms with E-state index < -0.39 is 16.9 Å². The first-order valence-corrected chi connectivity index (χ1v) is 11.7. The largest absolute Gasteiger partial charge is 0.445 e. The molecular weight excluding hydrogens is 460 g/mol. The van der Waals surface area contributed by atoms with E-state index in [0.717, 1.165) is 11.8 Å². The van der Waals surface area contributed by atoms with Crippen LogP contribution in [0.1, 0.15) is 18.9 Å². The van der Waals surface area contributed by atoms with Crippen LogP contribution in [0.4, 0.5) is 10.5 Å². The first kappa shape index (κ1) is 25.5. The molecule has 0 unspecified atom stereocenters. The number of primary amides is 1. The number of rotatable bonds is 10. The van der Waals surface area contributed by atoms with Gasteiger partial charge in [-0.25, -0.2) is 4.79 Å². The van der Waals surface area contributed by atoms with Gasteiger partial charge in [-0.15, -0.1) is 11.8 Å². The summed E-state index contributed by atoms with van der Waals surface area (Å²) in [6.45, 7) is 1.52. The molecule has 32 heavy (non-hydrogen) atoms. The summed E-state index contributed by atoms with van der Waals surface area (Å²) >= 11 is 2.46. The number of carbonyl (C=O) groups is 4. The highest BCUT2D eigenvalue weighted by Crippen LogP contribution is 2.30. The Hall–Kier alpha value is -2.80. The van der Waals surface area contributed by atoms with Crippen LogP contribution in [-0.4, -0.2) is 68.7 Å². The van der Waals surface area contributed by atoms with E-state index >= 15 is 0 Å². The Morgan fingerprint density at radius 2 is 1.97 bits per heavy atom. The predicted molar refractivity (Wildman–Crippen MR) is 120 cm³/mol. The Bertz CT molecular complexity index is 866. The average molecular weight is 485 g/mol. The van der Waals surface area contributed by atoms with Gasteiger partial charge in [-0.1, -0.05) is 11.8 Å². The number of likely N-dealkylation sites (tertiary alicyclic amines) is 1. The van der Waals surface area contributed by atoms with E-state index in [1.54, 1.807) is 4.90 Å². The number of ether oxygens (including phenoxy) is 1. The summed E-state index contributed by atoms with van der Waals surface area (Å²) in [5, 5.41) is 13.0. The van der Waals surface area contributed by atoms with Crippen LogP contribution < -0.4 is 11.1 Å². The first-order valence-electron chi connectivity index (χ1n) is 9.62. The Morgan fingerprint density at radius 1 is 1.28 bits per heavy atom. The van der Waals surface area contributed by atoms with Gasteiger partial charge in [0.25, 0.3) is 5.69 Å². The van der Waals surface area contributed by atoms with Gasteiger partial charge in [0.05, 0.1) is 17.2 Å². The molecule has 2 rings (SSSR count). The minimum absolute atomic E-state index is 0.0478. The van der Waals surface area contributed by atoms with Crippen LogP contribution in [0.15, 0.2) is 24.3 Å². The highest BCUT2D eigenvalue weighted by atomic mass is 32.2. The van der Waals surface area contributed by atoms with Crippen molar-refractivity contribution in [2.75, 3.05) is 24.6 Å². The summed E-state index contributed by atoms with van der Waals surface area (Å²) in [5.41, 5.74) is 5.54. The van der Waals surface area contributed by atoms with Crippen LogP contribution in [-0.2, 0) is 25.7 Å². The summed E-state index contributed by atoms with van der Waals surface area (Å²) in [5.74, 6) is -0.426. The molecule has 0 aromatic heterocycles. The number of non-ortho nitro benzene ring substituents is 1. The number of hydrogen-bond donors (Lipinski definition) is 2. The SMILES string of the molecule is CC(=O)S[C@H]1C[C@@H](CSCC(=O)NCC(N)=O)N(C(=O)OCc2ccc([N+](=O)[O-])cc2)C1. The number of nitro groups is 1. The number of benzene rings is 1. The van der Waals surface area contributed by atoms with Crippen LogP contribution in [0.3, 0.4) is 0 Å². The highest BCUT2D eigenvalue weighted by Gasteiger charge is 2.37. The van der Waals surface area contributed by atoms with Gasteiger partial charge in [0.1, 0.15) is 6.61 Å². The second kappa shape index (κ2) is 12.3. The smallest absolute Gasteiger partial charge is 0.410 e. The molecule has 0 saturated carbocycles. The molecule has 174 valence electrons. The number of thioether (sulfide) groups is 2. The van der Waals surface area contributed by atoms with Crippen molar-refractivity contribution >= 4 is 52.2 Å². The highest BCUT2D eigenvalue weighted by molar-refractivity contribution is 8.14. The Kier molecular flexibility index (Phi) is 9.78. The van der Waals surface area contributed by atoms with E-state index in [0.29, 0.717) is 24.3 Å². The third-order valence-electron chi connectivity index (χ3n) is 4.46. The summed E-state index contributed by atoms with van der Waals surface area (Å²) < 4.78 is 5.37. The fraction of sp³-hybridized carbons (Fsp3) is 0.474. The van der Waals surface area contributed by atoms with Crippen molar-refractivity contribution in [3.8, 4) is 0 Å². The number of hydrogen-bond acceptors (Lipinski definition) is 9. The van der Waals surface area contributed by atoms with Crippen LogP contribution in [0, 0.1) is 10.1 Å². The van der Waals surface area contributed by atoms with Crippen molar-refractivity contribution in [1.29, 1.82) is 0 Å². The molecule has 3 N–H and O–H groups in total. The number of amides is 3. The zero-order chi connectivity index (χ0) is 23.7. The summed E-state index contributed by atoms with van der Waals surface area (Å²) in [4.78, 5) is 58.4. The maximum Gasteiger partial charge on any atom is 0.410 e. The Labute approximate surface area is 192 Å².